The summed E-state index contributed by atoms with van der Waals surface area (Å²) >= 11 is 0. The molecular formula is C36H33N3O6. The lowest BCUT2D eigenvalue weighted by Crippen LogP contribution is -2.46. The van der Waals surface area contributed by atoms with Crippen LogP contribution >= 0.6 is 0 Å². The van der Waals surface area contributed by atoms with E-state index in [4.69, 9.17) is 9.84 Å². The minimum atomic E-state index is -1.01. The molecule has 1 atom stereocenters. The van der Waals surface area contributed by atoms with Crippen LogP contribution in [0.3, 0.4) is 0 Å². The Balaban J connectivity index is 1.36. The molecule has 1 aromatic heterocycles. The number of aromatic nitrogens is 1. The molecule has 5 rings (SSSR count). The van der Waals surface area contributed by atoms with Gasteiger partial charge < -0.3 is 25.0 Å². The zero-order valence-corrected chi connectivity index (χ0v) is 24.7. The number of benzene rings is 4. The van der Waals surface area contributed by atoms with Gasteiger partial charge in [-0.3, -0.25) is 19.2 Å². The first-order valence-electron chi connectivity index (χ1n) is 14.5. The van der Waals surface area contributed by atoms with Crippen LogP contribution in [0, 0.1) is 0 Å². The molecule has 5 aromatic rings. The summed E-state index contributed by atoms with van der Waals surface area (Å²) in [4.78, 5) is 51.4. The maximum atomic E-state index is 13.7. The Hall–Kier alpha value is -5.70. The number of hydrogen-bond acceptors (Lipinski definition) is 5. The van der Waals surface area contributed by atoms with Crippen LogP contribution in [0.5, 0.6) is 5.75 Å². The summed E-state index contributed by atoms with van der Waals surface area (Å²) < 4.78 is 6.69. The second-order valence-corrected chi connectivity index (χ2v) is 10.7. The normalized spacial score (nSPS) is 11.5. The van der Waals surface area contributed by atoms with Gasteiger partial charge in [0.05, 0.1) is 26.5 Å². The van der Waals surface area contributed by atoms with E-state index in [1.165, 1.54) is 10.6 Å². The molecule has 0 fully saturated rings. The molecule has 0 unspecified atom stereocenters. The number of carboxylic acids is 1. The van der Waals surface area contributed by atoms with Gasteiger partial charge in [0, 0.05) is 12.6 Å². The summed E-state index contributed by atoms with van der Waals surface area (Å²) in [7, 11) is 1.58. The molecule has 9 heteroatoms. The highest BCUT2D eigenvalue weighted by Crippen LogP contribution is 2.19. The molecule has 1 heterocycles. The number of fused-ring (bicyclic) bond motifs is 1. The number of nitrogens with zero attached hydrogens (tertiary/aromatic N) is 1. The van der Waals surface area contributed by atoms with E-state index in [1.54, 1.807) is 43.6 Å². The monoisotopic (exact) mass is 603 g/mol. The van der Waals surface area contributed by atoms with Crippen molar-refractivity contribution in [3.63, 3.8) is 0 Å². The summed E-state index contributed by atoms with van der Waals surface area (Å²) in [5.74, 6) is -1.13. The van der Waals surface area contributed by atoms with E-state index in [1.807, 2.05) is 66.7 Å². The van der Waals surface area contributed by atoms with Crippen LogP contribution in [-0.4, -0.2) is 40.6 Å². The number of amides is 2. The number of ether oxygens (including phenoxy) is 1. The van der Waals surface area contributed by atoms with Crippen molar-refractivity contribution in [3.8, 4) is 5.75 Å². The number of nitrogens with one attached hydrogen (secondary N) is 2. The minimum Gasteiger partial charge on any atom is -0.497 e. The van der Waals surface area contributed by atoms with Crippen molar-refractivity contribution < 1.29 is 24.2 Å². The molecule has 0 radical (unpaired) electrons. The zero-order chi connectivity index (χ0) is 31.8. The van der Waals surface area contributed by atoms with Gasteiger partial charge in [-0.15, -0.1) is 0 Å². The maximum Gasteiger partial charge on any atom is 0.307 e. The fraction of sp³-hybridized carbons (Fsp3) is 0.167. The van der Waals surface area contributed by atoms with Crippen LogP contribution in [0.4, 0.5) is 5.69 Å². The van der Waals surface area contributed by atoms with E-state index in [0.29, 0.717) is 17.9 Å². The van der Waals surface area contributed by atoms with Gasteiger partial charge in [0.15, 0.2) is 0 Å². The van der Waals surface area contributed by atoms with Crippen molar-refractivity contribution in [1.82, 2.24) is 9.88 Å². The first-order valence-corrected chi connectivity index (χ1v) is 14.5. The van der Waals surface area contributed by atoms with E-state index < -0.39 is 17.9 Å². The van der Waals surface area contributed by atoms with Crippen LogP contribution in [-0.2, 0) is 40.2 Å². The molecule has 0 aliphatic carbocycles. The summed E-state index contributed by atoms with van der Waals surface area (Å²) in [6.45, 7) is 0.292. The lowest BCUT2D eigenvalue weighted by molar-refractivity contribution is -0.136. The van der Waals surface area contributed by atoms with Crippen LogP contribution in [0.25, 0.3) is 10.8 Å². The average Bonchev–Trinajstić information content (AvgIpc) is 3.04. The summed E-state index contributed by atoms with van der Waals surface area (Å²) in [5, 5.41) is 16.6. The molecule has 2 amide bonds. The number of pyridine rings is 1. The Bertz CT molecular complexity index is 1880. The molecule has 4 aromatic carbocycles. The van der Waals surface area contributed by atoms with E-state index in [9.17, 15) is 19.2 Å². The van der Waals surface area contributed by atoms with Gasteiger partial charge in [0.25, 0.3) is 5.56 Å². The topological polar surface area (TPSA) is 127 Å². The van der Waals surface area contributed by atoms with Gasteiger partial charge in [0.2, 0.25) is 11.8 Å². The van der Waals surface area contributed by atoms with Crippen LogP contribution in [0.15, 0.2) is 114 Å². The van der Waals surface area contributed by atoms with Crippen molar-refractivity contribution in [1.29, 1.82) is 0 Å². The number of anilines is 1. The third-order valence-corrected chi connectivity index (χ3v) is 7.49. The molecule has 45 heavy (non-hydrogen) atoms. The minimum absolute atomic E-state index is 0.0582. The van der Waals surface area contributed by atoms with Crippen molar-refractivity contribution in [3.05, 3.63) is 142 Å². The Morgan fingerprint density at radius 1 is 0.800 bits per heavy atom. The zero-order valence-electron chi connectivity index (χ0n) is 24.7. The molecule has 9 nitrogen and oxygen atoms in total. The predicted molar refractivity (Wildman–Crippen MR) is 172 cm³/mol. The molecular weight excluding hydrogens is 570 g/mol. The van der Waals surface area contributed by atoms with Crippen LogP contribution in [0.2, 0.25) is 0 Å². The fourth-order valence-electron chi connectivity index (χ4n) is 5.18. The Morgan fingerprint density at radius 2 is 1.49 bits per heavy atom. The summed E-state index contributed by atoms with van der Waals surface area (Å²) in [5.41, 5.74) is 2.74. The molecule has 0 bridgehead atoms. The van der Waals surface area contributed by atoms with Crippen molar-refractivity contribution in [2.24, 2.45) is 0 Å². The molecule has 0 saturated carbocycles. The van der Waals surface area contributed by atoms with E-state index in [-0.39, 0.29) is 36.4 Å². The summed E-state index contributed by atoms with van der Waals surface area (Å²) in [6.07, 6.45) is 1.71. The van der Waals surface area contributed by atoms with Gasteiger partial charge in [-0.05, 0) is 57.3 Å². The van der Waals surface area contributed by atoms with Crippen molar-refractivity contribution >= 4 is 34.2 Å². The lowest BCUT2D eigenvalue weighted by atomic mass is 10.0. The first kappa shape index (κ1) is 30.7. The molecule has 0 spiro atoms. The number of carboxylic acid groups (broad SMARTS) is 1. The number of carbonyl (C=O) groups excluding carboxylic acids is 2. The van der Waals surface area contributed by atoms with Gasteiger partial charge in [-0.2, -0.15) is 0 Å². The molecule has 3 N–H and O–H groups in total. The molecule has 0 saturated heterocycles. The third-order valence-electron chi connectivity index (χ3n) is 7.49. The van der Waals surface area contributed by atoms with Gasteiger partial charge in [-0.1, -0.05) is 78.9 Å². The third kappa shape index (κ3) is 8.03. The van der Waals surface area contributed by atoms with Crippen LogP contribution in [0.1, 0.15) is 22.3 Å². The molecule has 228 valence electrons. The first-order chi connectivity index (χ1) is 21.8. The highest BCUT2D eigenvalue weighted by Gasteiger charge is 2.23. The number of hydrogen-bond donors (Lipinski definition) is 3. The molecule has 0 aliphatic rings. The van der Waals surface area contributed by atoms with Crippen molar-refractivity contribution in [2.45, 2.75) is 31.8 Å². The van der Waals surface area contributed by atoms with Crippen molar-refractivity contribution in [2.75, 3.05) is 12.4 Å². The average molecular weight is 604 g/mol. The Morgan fingerprint density at radius 3 is 2.22 bits per heavy atom. The highest BCUT2D eigenvalue weighted by molar-refractivity contribution is 5.98. The predicted octanol–water partition coefficient (Wildman–Crippen LogP) is 4.59. The van der Waals surface area contributed by atoms with E-state index in [2.05, 4.69) is 10.6 Å². The fourth-order valence-corrected chi connectivity index (χ4v) is 5.18. The molecule has 0 aliphatic heterocycles. The Labute approximate surface area is 260 Å². The summed E-state index contributed by atoms with van der Waals surface area (Å²) in [6, 6.07) is 29.9. The van der Waals surface area contributed by atoms with E-state index in [0.717, 1.165) is 27.5 Å². The van der Waals surface area contributed by atoms with Gasteiger partial charge in [-0.25, -0.2) is 0 Å². The quantitative estimate of drug-likeness (QED) is 0.191. The SMILES string of the molecule is COc1ccc(Cn2cccc(NC(=O)[C@H](Cc3ccc(CC(=O)O)cc3)NC(=O)Cc3cccc4ccccc34)c2=O)cc1. The lowest BCUT2D eigenvalue weighted by Gasteiger charge is -2.19. The highest BCUT2D eigenvalue weighted by atomic mass is 16.5. The standard InChI is InChI=1S/C36H33N3O6/c1-45-29-17-15-26(16-18-29)23-39-19-5-10-31(36(39)44)38-35(43)32(20-24-11-13-25(14-12-24)21-34(41)42)37-33(40)22-28-8-4-7-27-6-2-3-9-30(27)28/h2-19,32H,20-23H2,1H3,(H,37,40)(H,38,43)(H,41,42)/t32-/m0/s1. The van der Waals surface area contributed by atoms with Gasteiger partial charge in [0.1, 0.15) is 17.5 Å². The largest absolute Gasteiger partial charge is 0.497 e. The van der Waals surface area contributed by atoms with Gasteiger partial charge >= 0.3 is 5.97 Å². The second kappa shape index (κ2) is 14.2. The van der Waals surface area contributed by atoms with Crippen LogP contribution < -0.4 is 20.9 Å². The Kier molecular flexibility index (Phi) is 9.69. The number of rotatable bonds is 12. The van der Waals surface area contributed by atoms with E-state index >= 15 is 0 Å². The smallest absolute Gasteiger partial charge is 0.307 e. The second-order valence-electron chi connectivity index (χ2n) is 10.7. The number of methoxy groups -OCH3 is 1. The number of aliphatic carboxylic acids is 1. The number of carbonyl (C=O) groups is 3. The maximum absolute atomic E-state index is 13.7.